The molecule has 1 fully saturated rings. The molecule has 0 aliphatic carbocycles. The van der Waals surface area contributed by atoms with Crippen molar-refractivity contribution in [1.82, 2.24) is 4.90 Å². The lowest BCUT2D eigenvalue weighted by Gasteiger charge is -2.34. The van der Waals surface area contributed by atoms with Crippen molar-refractivity contribution in [1.29, 1.82) is 0 Å². The molecule has 0 unspecified atom stereocenters. The highest BCUT2D eigenvalue weighted by Crippen LogP contribution is 2.47. The number of hydrogen-bond donors (Lipinski definition) is 2. The molecule has 4 rings (SSSR count). The van der Waals surface area contributed by atoms with Crippen LogP contribution in [0.3, 0.4) is 0 Å². The maximum Gasteiger partial charge on any atom is 0.251 e. The van der Waals surface area contributed by atoms with Crippen molar-refractivity contribution in [2.45, 2.75) is 38.4 Å². The molecule has 6 heteroatoms. The lowest BCUT2D eigenvalue weighted by molar-refractivity contribution is -0.139. The lowest BCUT2D eigenvalue weighted by Crippen LogP contribution is -2.41. The third-order valence-electron chi connectivity index (χ3n) is 7.45. The minimum Gasteiger partial charge on any atom is -0.493 e. The van der Waals surface area contributed by atoms with E-state index in [9.17, 15) is 15.0 Å². The van der Waals surface area contributed by atoms with Crippen LogP contribution in [0.5, 0.6) is 11.5 Å². The van der Waals surface area contributed by atoms with Crippen molar-refractivity contribution in [2.75, 3.05) is 26.8 Å². The van der Waals surface area contributed by atoms with Gasteiger partial charge in [-0.1, -0.05) is 73.4 Å². The van der Waals surface area contributed by atoms with E-state index in [2.05, 4.69) is 11.8 Å². The van der Waals surface area contributed by atoms with Crippen LogP contribution in [0.2, 0.25) is 0 Å². The van der Waals surface area contributed by atoms with Crippen LogP contribution in [0, 0.1) is 17.3 Å². The van der Waals surface area contributed by atoms with Gasteiger partial charge in [-0.3, -0.25) is 4.79 Å². The quantitative estimate of drug-likeness (QED) is 0.445. The first-order chi connectivity index (χ1) is 18.3. The van der Waals surface area contributed by atoms with E-state index < -0.39 is 17.6 Å². The van der Waals surface area contributed by atoms with Crippen LogP contribution in [0.1, 0.15) is 36.5 Å². The number of ether oxygens (including phenoxy) is 2. The second-order valence-electron chi connectivity index (χ2n) is 10.0. The molecular weight excluding hydrogens is 478 g/mol. The van der Waals surface area contributed by atoms with Gasteiger partial charge >= 0.3 is 0 Å². The van der Waals surface area contributed by atoms with Crippen LogP contribution >= 0.6 is 0 Å². The molecular formula is C32H35NO5. The fourth-order valence-electron chi connectivity index (χ4n) is 5.02. The number of rotatable bonds is 8. The molecule has 0 aromatic heterocycles. The second kappa shape index (κ2) is 12.2. The van der Waals surface area contributed by atoms with Gasteiger partial charge in [0.1, 0.15) is 12.7 Å². The number of benzene rings is 3. The topological polar surface area (TPSA) is 79.2 Å². The molecule has 1 amide bonds. The number of aliphatic hydroxyl groups is 2. The van der Waals surface area contributed by atoms with Gasteiger partial charge in [0.05, 0.1) is 13.2 Å². The fraction of sp³-hybridized carbons (Fsp3) is 0.344. The zero-order valence-corrected chi connectivity index (χ0v) is 22.1. The number of carbonyl (C=O) groups is 1. The van der Waals surface area contributed by atoms with Gasteiger partial charge in [0.2, 0.25) is 0 Å². The van der Waals surface area contributed by atoms with Crippen LogP contribution in [0.15, 0.2) is 78.9 Å². The summed E-state index contributed by atoms with van der Waals surface area (Å²) in [5.74, 6) is 6.75. The number of aliphatic hydroxyl groups excluding tert-OH is 2. The summed E-state index contributed by atoms with van der Waals surface area (Å²) < 4.78 is 11.5. The molecule has 0 saturated carbocycles. The minimum atomic E-state index is -1.15. The van der Waals surface area contributed by atoms with Crippen molar-refractivity contribution >= 4 is 5.91 Å². The normalized spacial score (nSPS) is 20.2. The van der Waals surface area contributed by atoms with E-state index in [1.165, 1.54) is 0 Å². The molecule has 38 heavy (non-hydrogen) atoms. The Kier molecular flexibility index (Phi) is 8.73. The Balaban J connectivity index is 1.52. The average molecular weight is 514 g/mol. The fourth-order valence-corrected chi connectivity index (χ4v) is 5.02. The van der Waals surface area contributed by atoms with Crippen LogP contribution in [0.4, 0.5) is 0 Å². The standard InChI is InChI=1S/C32H35NO5/c1-23(34)32(2)22-33(31(36)28(35)19-25-13-8-5-9-14-25)21-27(32)26-16-17-29(37-3)30(20-26)38-18-10-15-24-11-6-4-7-12-24/h4-9,11-14,16-17,20,23,27-28,34-35H,18-19,21-22H2,1-3H3/t23-,27+,28+,32+/m1/s1. The van der Waals surface area contributed by atoms with Gasteiger partial charge in [0.15, 0.2) is 11.5 Å². The van der Waals surface area contributed by atoms with Crippen LogP contribution in [-0.4, -0.2) is 60.0 Å². The Morgan fingerprint density at radius 3 is 2.39 bits per heavy atom. The van der Waals surface area contributed by atoms with Crippen molar-refractivity contribution in [3.8, 4) is 23.3 Å². The maximum absolute atomic E-state index is 13.2. The van der Waals surface area contributed by atoms with Gasteiger partial charge in [-0.15, -0.1) is 0 Å². The molecule has 1 saturated heterocycles. The van der Waals surface area contributed by atoms with E-state index in [0.717, 1.165) is 16.7 Å². The van der Waals surface area contributed by atoms with E-state index in [0.29, 0.717) is 24.6 Å². The number of likely N-dealkylation sites (tertiary alicyclic amines) is 1. The second-order valence-corrected chi connectivity index (χ2v) is 10.0. The van der Waals surface area contributed by atoms with Crippen molar-refractivity contribution in [2.24, 2.45) is 5.41 Å². The predicted molar refractivity (Wildman–Crippen MR) is 147 cm³/mol. The first-order valence-electron chi connectivity index (χ1n) is 12.9. The van der Waals surface area contributed by atoms with Crippen LogP contribution < -0.4 is 9.47 Å². The minimum absolute atomic E-state index is 0.168. The summed E-state index contributed by atoms with van der Waals surface area (Å²) in [5.41, 5.74) is 2.12. The van der Waals surface area contributed by atoms with Gasteiger partial charge in [0.25, 0.3) is 5.91 Å². The molecule has 6 nitrogen and oxygen atoms in total. The monoisotopic (exact) mass is 513 g/mol. The molecule has 1 aliphatic heterocycles. The summed E-state index contributed by atoms with van der Waals surface area (Å²) in [6, 6.07) is 24.9. The Labute approximate surface area is 224 Å². The number of hydrogen-bond acceptors (Lipinski definition) is 5. The number of carbonyl (C=O) groups excluding carboxylic acids is 1. The van der Waals surface area contributed by atoms with E-state index in [4.69, 9.17) is 9.47 Å². The van der Waals surface area contributed by atoms with Gasteiger partial charge in [-0.2, -0.15) is 0 Å². The molecule has 3 aromatic rings. The van der Waals surface area contributed by atoms with Crippen LogP contribution in [-0.2, 0) is 11.2 Å². The van der Waals surface area contributed by atoms with Crippen molar-refractivity contribution < 1.29 is 24.5 Å². The van der Waals surface area contributed by atoms with Crippen molar-refractivity contribution in [3.05, 3.63) is 95.6 Å². The van der Waals surface area contributed by atoms with Gasteiger partial charge in [-0.25, -0.2) is 0 Å². The van der Waals surface area contributed by atoms with E-state index >= 15 is 0 Å². The Hall–Kier alpha value is -3.79. The lowest BCUT2D eigenvalue weighted by atomic mass is 9.72. The summed E-state index contributed by atoms with van der Waals surface area (Å²) in [7, 11) is 1.58. The molecule has 198 valence electrons. The molecule has 2 N–H and O–H groups in total. The zero-order chi connectivity index (χ0) is 27.1. The van der Waals surface area contributed by atoms with E-state index in [1.807, 2.05) is 85.8 Å². The summed E-state index contributed by atoms with van der Waals surface area (Å²) in [4.78, 5) is 14.9. The van der Waals surface area contributed by atoms with Gasteiger partial charge < -0.3 is 24.6 Å². The zero-order valence-electron chi connectivity index (χ0n) is 22.1. The smallest absolute Gasteiger partial charge is 0.251 e. The van der Waals surface area contributed by atoms with E-state index in [1.54, 1.807) is 18.9 Å². The predicted octanol–water partition coefficient (Wildman–Crippen LogP) is 4.04. The highest BCUT2D eigenvalue weighted by Gasteiger charge is 2.49. The maximum atomic E-state index is 13.2. The first kappa shape index (κ1) is 27.3. The molecule has 1 aliphatic rings. The number of amides is 1. The molecule has 3 aromatic carbocycles. The van der Waals surface area contributed by atoms with E-state index in [-0.39, 0.29) is 24.9 Å². The Bertz CT molecular complexity index is 1280. The Morgan fingerprint density at radius 2 is 1.74 bits per heavy atom. The summed E-state index contributed by atoms with van der Waals surface area (Å²) >= 11 is 0. The summed E-state index contributed by atoms with van der Waals surface area (Å²) in [6.07, 6.45) is -1.58. The third-order valence-corrected chi connectivity index (χ3v) is 7.45. The first-order valence-corrected chi connectivity index (χ1v) is 12.9. The average Bonchev–Trinajstić information content (AvgIpc) is 3.30. The highest BCUT2D eigenvalue weighted by atomic mass is 16.5. The summed E-state index contributed by atoms with van der Waals surface area (Å²) in [6.45, 7) is 4.64. The van der Waals surface area contributed by atoms with Gasteiger partial charge in [0, 0.05) is 36.4 Å². The van der Waals surface area contributed by atoms with Gasteiger partial charge in [-0.05, 0) is 42.3 Å². The van der Waals surface area contributed by atoms with Crippen molar-refractivity contribution in [3.63, 3.8) is 0 Å². The molecule has 4 atom stereocenters. The number of methoxy groups -OCH3 is 1. The molecule has 0 spiro atoms. The third kappa shape index (κ3) is 6.19. The highest BCUT2D eigenvalue weighted by molar-refractivity contribution is 5.81. The molecule has 0 bridgehead atoms. The largest absolute Gasteiger partial charge is 0.493 e. The van der Waals surface area contributed by atoms with Crippen LogP contribution in [0.25, 0.3) is 0 Å². The molecule has 0 radical (unpaired) electrons. The SMILES string of the molecule is COc1ccc([C@@H]2CN(C(=O)[C@@H](O)Cc3ccccc3)C[C@@]2(C)[C@@H](C)O)cc1OCC#Cc1ccccc1. The Morgan fingerprint density at radius 1 is 1.05 bits per heavy atom. The summed E-state index contributed by atoms with van der Waals surface area (Å²) in [5, 5.41) is 21.5. The number of nitrogens with zero attached hydrogens (tertiary/aromatic N) is 1. The molecule has 1 heterocycles.